The van der Waals surface area contributed by atoms with Gasteiger partial charge in [0.15, 0.2) is 11.5 Å². The smallest absolute Gasteiger partial charge is 0.269 e. The highest BCUT2D eigenvalue weighted by Crippen LogP contribution is 2.37. The zero-order chi connectivity index (χ0) is 19.3. The molecule has 0 spiro atoms. The third-order valence-corrected chi connectivity index (χ3v) is 4.97. The van der Waals surface area contributed by atoms with Gasteiger partial charge in [-0.3, -0.25) is 10.1 Å². The highest BCUT2D eigenvalue weighted by Gasteiger charge is 2.25. The van der Waals surface area contributed by atoms with Crippen LogP contribution in [-0.4, -0.2) is 27.1 Å². The Kier molecular flexibility index (Phi) is 3.65. The molecule has 2 aliphatic heterocycles. The molecule has 0 saturated carbocycles. The first-order valence-electron chi connectivity index (χ1n) is 8.96. The molecule has 0 bridgehead atoms. The standard InChI is InChI=1S/C20H16N4O4/c1-2-19-21-10-15-7-13-8-17-18(28-11-27-17)9-16(13)20(22-23(15)19)12-3-5-14(6-4-12)24(25)26/h3-6,8-10H,2,7,11H2,1H3. The first-order chi connectivity index (χ1) is 13.6. The number of rotatable bonds is 3. The fourth-order valence-electron chi connectivity index (χ4n) is 3.56. The average Bonchev–Trinajstić information content (AvgIpc) is 3.28. The Morgan fingerprint density at radius 2 is 1.93 bits per heavy atom. The molecule has 2 aromatic carbocycles. The number of hydrogen-bond acceptors (Lipinski definition) is 6. The van der Waals surface area contributed by atoms with Crippen LogP contribution in [0.25, 0.3) is 0 Å². The van der Waals surface area contributed by atoms with Crippen LogP contribution in [0.5, 0.6) is 11.5 Å². The summed E-state index contributed by atoms with van der Waals surface area (Å²) in [5, 5.41) is 15.9. The summed E-state index contributed by atoms with van der Waals surface area (Å²) in [7, 11) is 0. The predicted octanol–water partition coefficient (Wildman–Crippen LogP) is 3.29. The van der Waals surface area contributed by atoms with Crippen LogP contribution in [0.2, 0.25) is 0 Å². The lowest BCUT2D eigenvalue weighted by molar-refractivity contribution is -0.384. The summed E-state index contributed by atoms with van der Waals surface area (Å²) in [6.07, 6.45) is 3.24. The van der Waals surface area contributed by atoms with Crippen LogP contribution in [0, 0.1) is 10.1 Å². The number of nitrogens with zero attached hydrogens (tertiary/aromatic N) is 4. The van der Waals surface area contributed by atoms with Crippen LogP contribution in [0.15, 0.2) is 47.7 Å². The van der Waals surface area contributed by atoms with Crippen LogP contribution >= 0.6 is 0 Å². The Morgan fingerprint density at radius 3 is 2.64 bits per heavy atom. The molecular formula is C20H16N4O4. The van der Waals surface area contributed by atoms with E-state index in [0.717, 1.165) is 40.3 Å². The topological polar surface area (TPSA) is 91.8 Å². The highest BCUT2D eigenvalue weighted by atomic mass is 16.7. The second kappa shape index (κ2) is 6.19. The lowest BCUT2D eigenvalue weighted by Crippen LogP contribution is -2.08. The molecule has 0 aliphatic carbocycles. The summed E-state index contributed by atoms with van der Waals surface area (Å²) in [5.74, 6) is 2.25. The van der Waals surface area contributed by atoms with Crippen molar-refractivity contribution in [2.24, 2.45) is 5.10 Å². The van der Waals surface area contributed by atoms with Crippen LogP contribution in [0.4, 0.5) is 5.69 Å². The van der Waals surface area contributed by atoms with Crippen molar-refractivity contribution in [2.45, 2.75) is 19.8 Å². The van der Waals surface area contributed by atoms with Gasteiger partial charge in [0, 0.05) is 36.1 Å². The van der Waals surface area contributed by atoms with E-state index in [1.54, 1.807) is 12.1 Å². The highest BCUT2D eigenvalue weighted by molar-refractivity contribution is 6.14. The molecule has 3 heterocycles. The maximum absolute atomic E-state index is 11.0. The van der Waals surface area contributed by atoms with E-state index in [2.05, 4.69) is 4.98 Å². The van der Waals surface area contributed by atoms with E-state index in [9.17, 15) is 10.1 Å². The molecule has 0 unspecified atom stereocenters. The van der Waals surface area contributed by atoms with Crippen molar-refractivity contribution in [1.29, 1.82) is 0 Å². The normalized spacial score (nSPS) is 14.1. The Bertz CT molecular complexity index is 1130. The van der Waals surface area contributed by atoms with Gasteiger partial charge in [0.25, 0.3) is 5.69 Å². The number of aromatic nitrogens is 2. The van der Waals surface area contributed by atoms with Gasteiger partial charge < -0.3 is 9.47 Å². The average molecular weight is 376 g/mol. The zero-order valence-corrected chi connectivity index (χ0v) is 15.1. The third kappa shape index (κ3) is 2.53. The second-order valence-corrected chi connectivity index (χ2v) is 6.62. The summed E-state index contributed by atoms with van der Waals surface area (Å²) >= 11 is 0. The molecule has 0 saturated heterocycles. The van der Waals surface area contributed by atoms with E-state index in [-0.39, 0.29) is 12.5 Å². The summed E-state index contributed by atoms with van der Waals surface area (Å²) in [5.41, 5.74) is 4.49. The molecule has 8 heteroatoms. The van der Waals surface area contributed by atoms with Crippen LogP contribution in [0.1, 0.15) is 35.1 Å². The molecule has 28 heavy (non-hydrogen) atoms. The molecule has 0 amide bonds. The molecule has 0 radical (unpaired) electrons. The van der Waals surface area contributed by atoms with Crippen molar-refractivity contribution in [3.63, 3.8) is 0 Å². The van der Waals surface area contributed by atoms with Crippen molar-refractivity contribution in [1.82, 2.24) is 9.66 Å². The van der Waals surface area contributed by atoms with Gasteiger partial charge in [0.2, 0.25) is 6.79 Å². The van der Waals surface area contributed by atoms with Gasteiger partial charge in [-0.05, 0) is 29.8 Å². The zero-order valence-electron chi connectivity index (χ0n) is 15.1. The van der Waals surface area contributed by atoms with Crippen molar-refractivity contribution < 1.29 is 14.4 Å². The number of fused-ring (bicyclic) bond motifs is 3. The molecule has 0 atom stereocenters. The van der Waals surface area contributed by atoms with Gasteiger partial charge in [-0.25, -0.2) is 9.66 Å². The van der Waals surface area contributed by atoms with Gasteiger partial charge in [-0.2, -0.15) is 5.10 Å². The maximum atomic E-state index is 11.0. The van der Waals surface area contributed by atoms with Crippen molar-refractivity contribution in [3.05, 3.63) is 80.9 Å². The summed E-state index contributed by atoms with van der Waals surface area (Å²) in [6, 6.07) is 10.3. The van der Waals surface area contributed by atoms with Crippen LogP contribution < -0.4 is 9.47 Å². The monoisotopic (exact) mass is 376 g/mol. The number of nitro benzene ring substituents is 1. The molecule has 5 rings (SSSR count). The lowest BCUT2D eigenvalue weighted by atomic mass is 9.94. The predicted molar refractivity (Wildman–Crippen MR) is 101 cm³/mol. The van der Waals surface area contributed by atoms with Gasteiger partial charge in [-0.15, -0.1) is 0 Å². The number of aryl methyl sites for hydroxylation is 1. The second-order valence-electron chi connectivity index (χ2n) is 6.62. The molecule has 1 aromatic heterocycles. The van der Waals surface area contributed by atoms with Crippen LogP contribution in [-0.2, 0) is 12.8 Å². The fraction of sp³-hybridized carbons (Fsp3) is 0.200. The number of non-ortho nitro benzene ring substituents is 1. The van der Waals surface area contributed by atoms with E-state index in [1.807, 2.05) is 29.9 Å². The van der Waals surface area contributed by atoms with Crippen LogP contribution in [0.3, 0.4) is 0 Å². The van der Waals surface area contributed by atoms with Gasteiger partial charge in [-0.1, -0.05) is 6.92 Å². The van der Waals surface area contributed by atoms with E-state index in [1.165, 1.54) is 12.1 Å². The van der Waals surface area contributed by atoms with Crippen molar-refractivity contribution in [2.75, 3.05) is 6.79 Å². The Morgan fingerprint density at radius 1 is 1.18 bits per heavy atom. The molecule has 8 nitrogen and oxygen atoms in total. The summed E-state index contributed by atoms with van der Waals surface area (Å²) in [6.45, 7) is 2.23. The molecule has 3 aromatic rings. The minimum Gasteiger partial charge on any atom is -0.454 e. The maximum Gasteiger partial charge on any atom is 0.269 e. The molecule has 2 aliphatic rings. The molecule has 0 N–H and O–H groups in total. The molecule has 140 valence electrons. The first kappa shape index (κ1) is 16.5. The van der Waals surface area contributed by atoms with Gasteiger partial charge >= 0.3 is 0 Å². The van der Waals surface area contributed by atoms with E-state index in [0.29, 0.717) is 17.9 Å². The quantitative estimate of drug-likeness (QED) is 0.404. The van der Waals surface area contributed by atoms with E-state index < -0.39 is 4.92 Å². The lowest BCUT2D eigenvalue weighted by Gasteiger charge is -2.11. The van der Waals surface area contributed by atoms with Gasteiger partial charge in [0.05, 0.1) is 22.5 Å². The Hall–Kier alpha value is -3.68. The molecule has 0 fully saturated rings. The number of benzene rings is 2. The summed E-state index contributed by atoms with van der Waals surface area (Å²) in [4.78, 5) is 15.1. The minimum atomic E-state index is -0.409. The molecular weight excluding hydrogens is 360 g/mol. The fourth-order valence-corrected chi connectivity index (χ4v) is 3.56. The van der Waals surface area contributed by atoms with E-state index >= 15 is 0 Å². The number of hydrogen-bond donors (Lipinski definition) is 0. The first-order valence-corrected chi connectivity index (χ1v) is 8.96. The minimum absolute atomic E-state index is 0.0430. The number of imidazole rings is 1. The van der Waals surface area contributed by atoms with Crippen molar-refractivity contribution in [3.8, 4) is 11.5 Å². The third-order valence-electron chi connectivity index (χ3n) is 4.97. The Balaban J connectivity index is 1.73. The Labute approximate surface area is 160 Å². The van der Waals surface area contributed by atoms with Crippen molar-refractivity contribution >= 4 is 11.4 Å². The van der Waals surface area contributed by atoms with E-state index in [4.69, 9.17) is 14.6 Å². The summed E-state index contributed by atoms with van der Waals surface area (Å²) < 4.78 is 13.0. The van der Waals surface area contributed by atoms with Gasteiger partial charge in [0.1, 0.15) is 5.82 Å². The largest absolute Gasteiger partial charge is 0.454 e. The SMILES string of the molecule is CCc1ncc2n1N=C(c1ccc([N+](=O)[O-])cc1)c1cc3c(cc1C2)OCO3. The number of nitro groups is 1. The number of ether oxygens (including phenoxy) is 2.